The summed E-state index contributed by atoms with van der Waals surface area (Å²) < 4.78 is 5.77. The van der Waals surface area contributed by atoms with Gasteiger partial charge in [0.05, 0.1) is 77.4 Å². The van der Waals surface area contributed by atoms with Gasteiger partial charge in [0.2, 0.25) is 0 Å². The molecule has 2 aliphatic rings. The van der Waals surface area contributed by atoms with Gasteiger partial charge in [-0.15, -0.1) is 22.7 Å². The molecule has 3 atom stereocenters. The van der Waals surface area contributed by atoms with Gasteiger partial charge in [0.25, 0.3) is 0 Å². The minimum absolute atomic E-state index is 0.0208. The number of hydrogen-bond acceptors (Lipinski definition) is 10. The molecule has 2 aromatic carbocycles. The van der Waals surface area contributed by atoms with E-state index >= 15 is 0 Å². The number of fused-ring (bicyclic) bond motifs is 2. The van der Waals surface area contributed by atoms with Crippen LogP contribution in [0.5, 0.6) is 0 Å². The third kappa shape index (κ3) is 8.19. The van der Waals surface area contributed by atoms with E-state index in [-0.39, 0.29) is 23.7 Å². The summed E-state index contributed by atoms with van der Waals surface area (Å²) in [6.45, 7) is 9.78. The van der Waals surface area contributed by atoms with E-state index in [0.717, 1.165) is 83.8 Å². The maximum Gasteiger partial charge on any atom is 0.179 e. The number of benzene rings is 2. The van der Waals surface area contributed by atoms with E-state index in [1.165, 1.54) is 0 Å². The maximum atomic E-state index is 13.6. The molecule has 0 spiro atoms. The molecule has 6 heterocycles. The zero-order chi connectivity index (χ0) is 41.4. The molecule has 2 fully saturated rings. The van der Waals surface area contributed by atoms with Gasteiger partial charge in [0, 0.05) is 69.8 Å². The van der Waals surface area contributed by atoms with E-state index in [0.29, 0.717) is 47.7 Å². The second-order valence-corrected chi connectivity index (χ2v) is 18.5. The number of aryl methyl sites for hydroxylation is 2. The average Bonchev–Trinajstić information content (AvgIpc) is 4.05. The lowest BCUT2D eigenvalue weighted by molar-refractivity contribution is 0.0872. The molecule has 2 aliphatic heterocycles. The monoisotopic (exact) mass is 937 g/mol. The molecule has 1 N–H and O–H groups in total. The van der Waals surface area contributed by atoms with Gasteiger partial charge < -0.3 is 14.2 Å². The van der Waals surface area contributed by atoms with Crippen LogP contribution in [0.2, 0.25) is 0 Å². The first-order chi connectivity index (χ1) is 27.8. The van der Waals surface area contributed by atoms with E-state index in [1.54, 1.807) is 53.9 Å². The number of rotatable bonds is 10. The molecule has 2 bridgehead atoms. The molecular formula is C44H41Br2N7O3S2. The van der Waals surface area contributed by atoms with Crippen LogP contribution in [0.15, 0.2) is 68.2 Å². The Hall–Kier alpha value is -4.54. The van der Waals surface area contributed by atoms with Gasteiger partial charge in [0.1, 0.15) is 0 Å². The molecule has 2 saturated heterocycles. The van der Waals surface area contributed by atoms with E-state index in [2.05, 4.69) is 73.4 Å². The zero-order valence-electron chi connectivity index (χ0n) is 32.7. The smallest absolute Gasteiger partial charge is 0.179 e. The van der Waals surface area contributed by atoms with Crippen LogP contribution in [-0.4, -0.2) is 65.4 Å². The lowest BCUT2D eigenvalue weighted by Gasteiger charge is -2.21. The molecule has 0 saturated carbocycles. The van der Waals surface area contributed by atoms with Crippen molar-refractivity contribution in [2.75, 3.05) is 6.54 Å². The molecule has 296 valence electrons. The number of hydrogen-bond donors (Lipinski definition) is 1. The Bertz CT molecular complexity index is 2610. The number of halogens is 2. The maximum absolute atomic E-state index is 13.6. The highest BCUT2D eigenvalue weighted by molar-refractivity contribution is 9.11. The Kier molecular flexibility index (Phi) is 12.5. The molecule has 10 nitrogen and oxygen atoms in total. The molecule has 58 heavy (non-hydrogen) atoms. The van der Waals surface area contributed by atoms with Gasteiger partial charge in [-0.1, -0.05) is 0 Å². The van der Waals surface area contributed by atoms with E-state index < -0.39 is 0 Å². The topological polar surface area (TPSA) is 141 Å². The Morgan fingerprint density at radius 1 is 0.776 bits per heavy atom. The number of carbonyl (C=O) groups is 2. The third-order valence-electron chi connectivity index (χ3n) is 11.0. The average molecular weight is 940 g/mol. The summed E-state index contributed by atoms with van der Waals surface area (Å²) in [5.41, 5.74) is 10.0. The lowest BCUT2D eigenvalue weighted by atomic mass is 9.98. The van der Waals surface area contributed by atoms with Crippen molar-refractivity contribution in [2.45, 2.75) is 84.9 Å². The van der Waals surface area contributed by atoms with Gasteiger partial charge >= 0.3 is 0 Å². The second kappa shape index (κ2) is 17.4. The number of nitriles is 2. The summed E-state index contributed by atoms with van der Waals surface area (Å²) in [5, 5.41) is 34.6. The molecule has 2 unspecified atom stereocenters. The summed E-state index contributed by atoms with van der Waals surface area (Å²) in [4.78, 5) is 37.1. The van der Waals surface area contributed by atoms with Crippen LogP contribution in [0.4, 0.5) is 0 Å². The van der Waals surface area contributed by atoms with E-state index in [9.17, 15) is 20.0 Å². The normalized spacial score (nSPS) is 17.2. The number of thiazole rings is 2. The van der Waals surface area contributed by atoms with Crippen LogP contribution in [0, 0.1) is 50.4 Å². The number of nitrogens with zero attached hydrogens (tertiary/aromatic N) is 7. The van der Waals surface area contributed by atoms with Crippen LogP contribution in [0.1, 0.15) is 102 Å². The lowest BCUT2D eigenvalue weighted by Crippen LogP contribution is -2.36. The van der Waals surface area contributed by atoms with Crippen molar-refractivity contribution < 1.29 is 14.7 Å². The Morgan fingerprint density at radius 2 is 1.24 bits per heavy atom. The first-order valence-electron chi connectivity index (χ1n) is 18.9. The number of aliphatic hydroxyl groups is 1. The fourth-order valence-electron chi connectivity index (χ4n) is 8.43. The van der Waals surface area contributed by atoms with Crippen molar-refractivity contribution >= 4 is 66.1 Å². The van der Waals surface area contributed by atoms with Gasteiger partial charge in [0.15, 0.2) is 11.6 Å². The van der Waals surface area contributed by atoms with Crippen molar-refractivity contribution in [3.8, 4) is 23.5 Å². The predicted octanol–water partition coefficient (Wildman–Crippen LogP) is 9.53. The van der Waals surface area contributed by atoms with Crippen molar-refractivity contribution in [2.24, 2.45) is 0 Å². The van der Waals surface area contributed by atoms with Gasteiger partial charge in [-0.2, -0.15) is 10.5 Å². The second-order valence-electron chi connectivity index (χ2n) is 14.8. The van der Waals surface area contributed by atoms with E-state index in [1.807, 2.05) is 57.3 Å². The number of carbonyl (C=O) groups excluding carboxylic acids is 2. The number of aromatic nitrogens is 4. The largest absolute Gasteiger partial charge is 0.391 e. The van der Waals surface area contributed by atoms with E-state index in [4.69, 9.17) is 5.26 Å². The summed E-state index contributed by atoms with van der Waals surface area (Å²) in [6, 6.07) is 19.5. The minimum atomic E-state index is -0.326. The summed E-state index contributed by atoms with van der Waals surface area (Å²) >= 11 is 10.6. The summed E-state index contributed by atoms with van der Waals surface area (Å²) in [7, 11) is 0. The van der Waals surface area contributed by atoms with Crippen LogP contribution in [-0.2, 0) is 12.8 Å². The Balaban J connectivity index is 0.000000184. The summed E-state index contributed by atoms with van der Waals surface area (Å²) in [5.74, 6) is 0.0842. The molecule has 0 aliphatic carbocycles. The highest BCUT2D eigenvalue weighted by Crippen LogP contribution is 2.39. The van der Waals surface area contributed by atoms with Gasteiger partial charge in [-0.3, -0.25) is 14.5 Å². The fourth-order valence-corrected chi connectivity index (χ4v) is 11.4. The van der Waals surface area contributed by atoms with Gasteiger partial charge in [-0.05, 0) is 134 Å². The fraction of sp³-hybridized carbons (Fsp3) is 0.318. The Labute approximate surface area is 362 Å². The van der Waals surface area contributed by atoms with Crippen LogP contribution >= 0.6 is 54.5 Å². The first-order valence-corrected chi connectivity index (χ1v) is 22.2. The van der Waals surface area contributed by atoms with Crippen molar-refractivity contribution in [1.29, 1.82) is 10.5 Å². The molecule has 14 heteroatoms. The van der Waals surface area contributed by atoms with Crippen molar-refractivity contribution in [3.63, 3.8) is 0 Å². The van der Waals surface area contributed by atoms with Crippen LogP contribution in [0.3, 0.4) is 0 Å². The SMILES string of the molecule is CC(=O)c1c(Br)c(Cc2csc(C)n2)n(-c2ccc(C#N)cc2)c1C.Cc1nc(Cc2c(Br)c(C(=O)CN3C4CCC3[C@@H](O)C4)c(C)n2-c2ccc(C#N)cc2)cs1. The quantitative estimate of drug-likeness (QED) is 0.134. The Morgan fingerprint density at radius 3 is 1.62 bits per heavy atom. The highest BCUT2D eigenvalue weighted by Gasteiger charge is 2.46. The number of ketones is 2. The van der Waals surface area contributed by atoms with Crippen molar-refractivity contribution in [3.05, 3.63) is 135 Å². The summed E-state index contributed by atoms with van der Waals surface area (Å²) in [6.07, 6.45) is 3.66. The highest BCUT2D eigenvalue weighted by atomic mass is 79.9. The van der Waals surface area contributed by atoms with Crippen molar-refractivity contribution in [1.82, 2.24) is 24.0 Å². The standard InChI is InChI=1S/C25H25BrN4O2S.C19H16BrN3OS/c1-14-24(23(32)12-29-19-7-8-20(29)22(31)10-19)25(26)21(9-17-13-33-15(2)28-17)30(14)18-5-3-16(11-27)4-6-18;1-11-18(12(2)24)19(20)17(8-15-10-25-13(3)22-15)23(11)16-6-4-14(9-21)5-7-16/h3-6,13,19-20,22,31H,7-10,12H2,1-2H3;4-7,10H,8H2,1-3H3/t19?,20?,22-;/m0./s1. The molecule has 8 rings (SSSR count). The molecule has 4 aromatic heterocycles. The molecule has 0 amide bonds. The van der Waals surface area contributed by atoms with Crippen LogP contribution in [0.25, 0.3) is 11.4 Å². The molecule has 0 radical (unpaired) electrons. The minimum Gasteiger partial charge on any atom is -0.391 e. The van der Waals surface area contributed by atoms with Gasteiger partial charge in [-0.25, -0.2) is 9.97 Å². The number of aliphatic hydroxyl groups excluding tert-OH is 1. The third-order valence-corrected chi connectivity index (χ3v) is 14.4. The van der Waals surface area contributed by atoms with Crippen LogP contribution < -0.4 is 0 Å². The molecule has 6 aromatic rings. The molecular weight excluding hydrogens is 898 g/mol. The number of Topliss-reactive ketones (excluding diaryl/α,β-unsaturated/α-hetero) is 2. The predicted molar refractivity (Wildman–Crippen MR) is 234 cm³/mol. The first kappa shape index (κ1) is 41.6. The zero-order valence-corrected chi connectivity index (χ0v) is 37.5.